The lowest BCUT2D eigenvalue weighted by atomic mass is 9.88. The molecule has 2 heterocycles. The van der Waals surface area contributed by atoms with E-state index in [2.05, 4.69) is 5.32 Å². The van der Waals surface area contributed by atoms with Gasteiger partial charge in [0.05, 0.1) is 11.7 Å². The van der Waals surface area contributed by atoms with Crippen molar-refractivity contribution in [1.82, 2.24) is 10.2 Å². The molecule has 2 saturated heterocycles. The van der Waals surface area contributed by atoms with Crippen molar-refractivity contribution in [2.75, 3.05) is 19.6 Å². The molecule has 1 N–H and O–H groups in total. The number of likely N-dealkylation sites (tertiary alicyclic amines) is 1. The van der Waals surface area contributed by atoms with Crippen LogP contribution in [-0.2, 0) is 9.53 Å². The van der Waals surface area contributed by atoms with Gasteiger partial charge in [-0.25, -0.2) is 0 Å². The highest BCUT2D eigenvalue weighted by atomic mass is 35.5. The molecule has 0 unspecified atom stereocenters. The molecule has 0 aromatic heterocycles. The second-order valence-corrected chi connectivity index (χ2v) is 9.28. The second kappa shape index (κ2) is 9.05. The molecule has 1 saturated carbocycles. The number of piperidine rings is 1. The van der Waals surface area contributed by atoms with E-state index in [0.29, 0.717) is 30.2 Å². The fourth-order valence-electron chi connectivity index (χ4n) is 5.02. The van der Waals surface area contributed by atoms with Crippen molar-refractivity contribution >= 4 is 23.4 Å². The maximum Gasteiger partial charge on any atom is 0.253 e. The molecular formula is C23H31ClN2O3. The summed E-state index contributed by atoms with van der Waals surface area (Å²) >= 11 is 5.92. The van der Waals surface area contributed by atoms with Crippen molar-refractivity contribution in [2.45, 2.75) is 69.5 Å². The topological polar surface area (TPSA) is 58.6 Å². The van der Waals surface area contributed by atoms with Crippen LogP contribution in [-0.4, -0.2) is 48.1 Å². The average molecular weight is 419 g/mol. The van der Waals surface area contributed by atoms with Crippen LogP contribution in [0, 0.1) is 5.92 Å². The van der Waals surface area contributed by atoms with Crippen LogP contribution in [0.1, 0.15) is 68.1 Å². The van der Waals surface area contributed by atoms with Gasteiger partial charge in [0.25, 0.3) is 5.91 Å². The quantitative estimate of drug-likeness (QED) is 0.797. The Morgan fingerprint density at radius 1 is 1.03 bits per heavy atom. The SMILES string of the molecule is O=C(NC[C@H]1CCC2(CCN(C(=O)c3ccc(Cl)cc3)CC2)O1)C1CCCCC1. The van der Waals surface area contributed by atoms with E-state index < -0.39 is 0 Å². The summed E-state index contributed by atoms with van der Waals surface area (Å²) in [6, 6.07) is 7.08. The molecule has 1 aromatic rings. The zero-order valence-corrected chi connectivity index (χ0v) is 17.8. The maximum atomic E-state index is 12.7. The van der Waals surface area contributed by atoms with Gasteiger partial charge in [0, 0.05) is 36.1 Å². The summed E-state index contributed by atoms with van der Waals surface area (Å²) in [6.45, 7) is 2.04. The Kier molecular flexibility index (Phi) is 6.45. The highest BCUT2D eigenvalue weighted by Crippen LogP contribution is 2.39. The first kappa shape index (κ1) is 20.7. The molecule has 3 fully saturated rings. The molecule has 1 aliphatic carbocycles. The minimum absolute atomic E-state index is 0.0609. The molecule has 1 aromatic carbocycles. The number of carbonyl (C=O) groups is 2. The van der Waals surface area contributed by atoms with Crippen LogP contribution in [0.3, 0.4) is 0 Å². The van der Waals surface area contributed by atoms with Gasteiger partial charge in [-0.1, -0.05) is 30.9 Å². The number of rotatable bonds is 4. The van der Waals surface area contributed by atoms with Crippen molar-refractivity contribution in [3.8, 4) is 0 Å². The number of ether oxygens (including phenoxy) is 1. The summed E-state index contributed by atoms with van der Waals surface area (Å²) in [7, 11) is 0. The molecular weight excluding hydrogens is 388 g/mol. The highest BCUT2D eigenvalue weighted by molar-refractivity contribution is 6.30. The zero-order chi connectivity index (χ0) is 20.3. The standard InChI is InChI=1S/C23H31ClN2O3/c24-19-8-6-18(7-9-19)22(28)26-14-12-23(13-15-26)11-10-20(29-23)16-25-21(27)17-4-2-1-3-5-17/h6-9,17,20H,1-5,10-16H2,(H,25,27)/t20-/m1/s1. The number of nitrogens with zero attached hydrogens (tertiary/aromatic N) is 1. The van der Waals surface area contributed by atoms with Crippen molar-refractivity contribution in [2.24, 2.45) is 5.92 Å². The summed E-state index contributed by atoms with van der Waals surface area (Å²) in [5, 5.41) is 3.77. The molecule has 4 rings (SSSR count). The van der Waals surface area contributed by atoms with E-state index in [-0.39, 0.29) is 29.4 Å². The fourth-order valence-corrected chi connectivity index (χ4v) is 5.15. The van der Waals surface area contributed by atoms with Crippen LogP contribution in [0.4, 0.5) is 0 Å². The van der Waals surface area contributed by atoms with E-state index in [1.807, 2.05) is 4.90 Å². The summed E-state index contributed by atoms with van der Waals surface area (Å²) in [4.78, 5) is 27.0. The predicted octanol–water partition coefficient (Wildman–Crippen LogP) is 4.19. The third-order valence-electron chi connectivity index (χ3n) is 6.87. The summed E-state index contributed by atoms with van der Waals surface area (Å²) < 4.78 is 6.41. The lowest BCUT2D eigenvalue weighted by molar-refractivity contribution is -0.127. The molecule has 0 bridgehead atoms. The summed E-state index contributed by atoms with van der Waals surface area (Å²) in [5.74, 6) is 0.463. The Balaban J connectivity index is 1.23. The Hall–Kier alpha value is -1.59. The van der Waals surface area contributed by atoms with Gasteiger partial charge in [-0.3, -0.25) is 9.59 Å². The van der Waals surface area contributed by atoms with Crippen LogP contribution in [0.15, 0.2) is 24.3 Å². The molecule has 1 spiro atoms. The van der Waals surface area contributed by atoms with E-state index >= 15 is 0 Å². The van der Waals surface area contributed by atoms with E-state index in [1.165, 1.54) is 19.3 Å². The number of amides is 2. The number of hydrogen-bond acceptors (Lipinski definition) is 3. The Morgan fingerprint density at radius 3 is 2.41 bits per heavy atom. The van der Waals surface area contributed by atoms with Crippen LogP contribution >= 0.6 is 11.6 Å². The largest absolute Gasteiger partial charge is 0.370 e. The lowest BCUT2D eigenvalue weighted by Gasteiger charge is -2.39. The molecule has 3 aliphatic rings. The number of hydrogen-bond donors (Lipinski definition) is 1. The van der Waals surface area contributed by atoms with Gasteiger partial charge in [0.15, 0.2) is 0 Å². The number of carbonyl (C=O) groups excluding carboxylic acids is 2. The van der Waals surface area contributed by atoms with Gasteiger partial charge in [-0.05, 0) is 62.8 Å². The maximum absolute atomic E-state index is 12.7. The summed E-state index contributed by atoms with van der Waals surface area (Å²) in [5.41, 5.74) is 0.554. The molecule has 1 atom stereocenters. The smallest absolute Gasteiger partial charge is 0.253 e. The molecule has 5 nitrogen and oxygen atoms in total. The third kappa shape index (κ3) is 4.95. The van der Waals surface area contributed by atoms with Crippen molar-refractivity contribution in [3.05, 3.63) is 34.9 Å². The first-order valence-electron chi connectivity index (χ1n) is 11.1. The zero-order valence-electron chi connectivity index (χ0n) is 17.0. The Labute approximate surface area is 178 Å². The van der Waals surface area contributed by atoms with Crippen LogP contribution in [0.25, 0.3) is 0 Å². The first-order chi connectivity index (χ1) is 14.0. The monoisotopic (exact) mass is 418 g/mol. The molecule has 2 amide bonds. The van der Waals surface area contributed by atoms with Crippen LogP contribution in [0.2, 0.25) is 5.02 Å². The lowest BCUT2D eigenvalue weighted by Crippen LogP contribution is -2.47. The second-order valence-electron chi connectivity index (χ2n) is 8.84. The van der Waals surface area contributed by atoms with Gasteiger partial charge in [0.1, 0.15) is 0 Å². The minimum atomic E-state index is -0.128. The first-order valence-corrected chi connectivity index (χ1v) is 11.4. The van der Waals surface area contributed by atoms with Crippen molar-refractivity contribution in [1.29, 1.82) is 0 Å². The third-order valence-corrected chi connectivity index (χ3v) is 7.12. The Morgan fingerprint density at radius 2 is 1.72 bits per heavy atom. The Bertz CT molecular complexity index is 722. The molecule has 0 radical (unpaired) electrons. The van der Waals surface area contributed by atoms with Gasteiger partial charge in [-0.2, -0.15) is 0 Å². The van der Waals surface area contributed by atoms with E-state index in [4.69, 9.17) is 16.3 Å². The highest BCUT2D eigenvalue weighted by Gasteiger charge is 2.43. The summed E-state index contributed by atoms with van der Waals surface area (Å²) in [6.07, 6.45) is 9.47. The average Bonchev–Trinajstić information content (AvgIpc) is 3.15. The van der Waals surface area contributed by atoms with Crippen LogP contribution < -0.4 is 5.32 Å². The van der Waals surface area contributed by atoms with E-state index in [0.717, 1.165) is 38.5 Å². The number of benzene rings is 1. The van der Waals surface area contributed by atoms with Crippen LogP contribution in [0.5, 0.6) is 0 Å². The minimum Gasteiger partial charge on any atom is -0.370 e. The molecule has 158 valence electrons. The van der Waals surface area contributed by atoms with Crippen molar-refractivity contribution in [3.63, 3.8) is 0 Å². The van der Waals surface area contributed by atoms with Gasteiger partial charge < -0.3 is 15.0 Å². The molecule has 29 heavy (non-hydrogen) atoms. The molecule has 2 aliphatic heterocycles. The predicted molar refractivity (Wildman–Crippen MR) is 113 cm³/mol. The molecule has 6 heteroatoms. The van der Waals surface area contributed by atoms with Gasteiger partial charge in [-0.15, -0.1) is 0 Å². The number of halogens is 1. The fraction of sp³-hybridized carbons (Fsp3) is 0.652. The van der Waals surface area contributed by atoms with Gasteiger partial charge in [0.2, 0.25) is 5.91 Å². The number of nitrogens with one attached hydrogen (secondary N) is 1. The van der Waals surface area contributed by atoms with E-state index in [1.54, 1.807) is 24.3 Å². The van der Waals surface area contributed by atoms with Gasteiger partial charge >= 0.3 is 0 Å². The van der Waals surface area contributed by atoms with E-state index in [9.17, 15) is 9.59 Å². The normalized spacial score (nSPS) is 24.6. The van der Waals surface area contributed by atoms with Crippen molar-refractivity contribution < 1.29 is 14.3 Å².